The first kappa shape index (κ1) is 9.30. The standard InChI is InChI=1S/C8H16ClNO/c1-7(2)10-3-4-11-8(5-9)6-10/h7-8H,3-6H2,1-2H3/t8-/m1/s1. The Hall–Kier alpha value is 0.210. The molecule has 1 fully saturated rings. The summed E-state index contributed by atoms with van der Waals surface area (Å²) in [5, 5.41) is 0. The minimum Gasteiger partial charge on any atom is -0.374 e. The van der Waals surface area contributed by atoms with Gasteiger partial charge < -0.3 is 4.74 Å². The lowest BCUT2D eigenvalue weighted by atomic mass is 10.2. The summed E-state index contributed by atoms with van der Waals surface area (Å²) in [4.78, 5) is 2.40. The third-order valence-corrected chi connectivity index (χ3v) is 2.42. The number of rotatable bonds is 2. The van der Waals surface area contributed by atoms with E-state index in [2.05, 4.69) is 18.7 Å². The third-order valence-electron chi connectivity index (χ3n) is 2.07. The van der Waals surface area contributed by atoms with Crippen molar-refractivity contribution >= 4 is 11.6 Å². The van der Waals surface area contributed by atoms with Crippen molar-refractivity contribution in [1.29, 1.82) is 0 Å². The van der Waals surface area contributed by atoms with E-state index < -0.39 is 0 Å². The second-order valence-electron chi connectivity index (χ2n) is 3.24. The number of hydrogen-bond donors (Lipinski definition) is 0. The van der Waals surface area contributed by atoms with Gasteiger partial charge in [0.15, 0.2) is 0 Å². The molecule has 1 atom stereocenters. The van der Waals surface area contributed by atoms with Gasteiger partial charge in [-0.3, -0.25) is 4.90 Å². The van der Waals surface area contributed by atoms with Crippen molar-refractivity contribution in [3.63, 3.8) is 0 Å². The highest BCUT2D eigenvalue weighted by atomic mass is 35.5. The molecule has 0 N–H and O–H groups in total. The molecule has 0 aromatic rings. The molecule has 0 aliphatic carbocycles. The van der Waals surface area contributed by atoms with E-state index in [4.69, 9.17) is 16.3 Å². The van der Waals surface area contributed by atoms with E-state index in [1.54, 1.807) is 0 Å². The molecule has 3 heteroatoms. The Kier molecular flexibility index (Phi) is 3.63. The molecule has 1 saturated heterocycles. The Morgan fingerprint density at radius 1 is 1.64 bits per heavy atom. The lowest BCUT2D eigenvalue weighted by Crippen LogP contribution is -2.46. The highest BCUT2D eigenvalue weighted by molar-refractivity contribution is 6.18. The average Bonchev–Trinajstić information content (AvgIpc) is 2.05. The molecule has 0 amide bonds. The lowest BCUT2D eigenvalue weighted by Gasteiger charge is -2.34. The molecule has 0 aromatic carbocycles. The molecule has 2 nitrogen and oxygen atoms in total. The van der Waals surface area contributed by atoms with Gasteiger partial charge in [0.1, 0.15) is 0 Å². The van der Waals surface area contributed by atoms with Gasteiger partial charge in [-0.25, -0.2) is 0 Å². The Morgan fingerprint density at radius 3 is 2.91 bits per heavy atom. The van der Waals surface area contributed by atoms with Crippen molar-refractivity contribution in [1.82, 2.24) is 4.90 Å². The highest BCUT2D eigenvalue weighted by Gasteiger charge is 2.20. The second kappa shape index (κ2) is 4.29. The first-order valence-electron chi connectivity index (χ1n) is 4.15. The van der Waals surface area contributed by atoms with Crippen LogP contribution in [0.5, 0.6) is 0 Å². The summed E-state index contributed by atoms with van der Waals surface area (Å²) in [6, 6.07) is 0.615. The van der Waals surface area contributed by atoms with Crippen molar-refractivity contribution in [2.75, 3.05) is 25.6 Å². The Bertz CT molecular complexity index is 119. The molecule has 0 spiro atoms. The molecule has 1 rings (SSSR count). The highest BCUT2D eigenvalue weighted by Crippen LogP contribution is 2.09. The molecule has 1 heterocycles. The van der Waals surface area contributed by atoms with Gasteiger partial charge in [-0.2, -0.15) is 0 Å². The van der Waals surface area contributed by atoms with Crippen molar-refractivity contribution in [2.24, 2.45) is 0 Å². The third kappa shape index (κ3) is 2.62. The molecule has 0 bridgehead atoms. The summed E-state index contributed by atoms with van der Waals surface area (Å²) in [7, 11) is 0. The average molecular weight is 178 g/mol. The number of morpholine rings is 1. The summed E-state index contributed by atoms with van der Waals surface area (Å²) in [6.07, 6.45) is 0.243. The molecule has 0 aromatic heterocycles. The van der Waals surface area contributed by atoms with Gasteiger partial charge in [-0.1, -0.05) is 0 Å². The first-order valence-corrected chi connectivity index (χ1v) is 4.69. The predicted molar refractivity (Wildman–Crippen MR) is 47.2 cm³/mol. The van der Waals surface area contributed by atoms with Crippen LogP contribution in [0.3, 0.4) is 0 Å². The molecule has 0 unspecified atom stereocenters. The normalized spacial score (nSPS) is 27.8. The maximum atomic E-state index is 5.70. The Labute approximate surface area is 73.5 Å². The number of ether oxygens (including phenoxy) is 1. The van der Waals surface area contributed by atoms with Crippen LogP contribution >= 0.6 is 11.6 Å². The van der Waals surface area contributed by atoms with Crippen molar-refractivity contribution < 1.29 is 4.74 Å². The van der Waals surface area contributed by atoms with Crippen molar-refractivity contribution in [3.8, 4) is 0 Å². The fourth-order valence-corrected chi connectivity index (χ4v) is 1.49. The van der Waals surface area contributed by atoms with Crippen LogP contribution in [0.1, 0.15) is 13.8 Å². The van der Waals surface area contributed by atoms with Crippen LogP contribution in [0.2, 0.25) is 0 Å². The number of nitrogens with zero attached hydrogens (tertiary/aromatic N) is 1. The number of halogens is 1. The molecule has 11 heavy (non-hydrogen) atoms. The topological polar surface area (TPSA) is 12.5 Å². The van der Waals surface area contributed by atoms with E-state index in [-0.39, 0.29) is 6.10 Å². The van der Waals surface area contributed by atoms with Gasteiger partial charge in [0.25, 0.3) is 0 Å². The van der Waals surface area contributed by atoms with E-state index in [9.17, 15) is 0 Å². The molecule has 66 valence electrons. The second-order valence-corrected chi connectivity index (χ2v) is 3.54. The van der Waals surface area contributed by atoms with Gasteiger partial charge in [-0.15, -0.1) is 11.6 Å². The molecule has 1 aliphatic rings. The van der Waals surface area contributed by atoms with Crippen LogP contribution in [0.4, 0.5) is 0 Å². The zero-order chi connectivity index (χ0) is 8.27. The van der Waals surface area contributed by atoms with Gasteiger partial charge in [0, 0.05) is 25.0 Å². The largest absolute Gasteiger partial charge is 0.374 e. The van der Waals surface area contributed by atoms with E-state index in [1.807, 2.05) is 0 Å². The summed E-state index contributed by atoms with van der Waals surface area (Å²) < 4.78 is 5.43. The fourth-order valence-electron chi connectivity index (χ4n) is 1.30. The fraction of sp³-hybridized carbons (Fsp3) is 1.00. The van der Waals surface area contributed by atoms with E-state index in [0.717, 1.165) is 19.7 Å². The maximum absolute atomic E-state index is 5.70. The van der Waals surface area contributed by atoms with Crippen LogP contribution in [-0.2, 0) is 4.74 Å². The van der Waals surface area contributed by atoms with Gasteiger partial charge in [0.05, 0.1) is 12.7 Å². The molecule has 1 aliphatic heterocycles. The summed E-state index contributed by atoms with van der Waals surface area (Å²) in [5.74, 6) is 0.614. The van der Waals surface area contributed by atoms with Crippen LogP contribution < -0.4 is 0 Å². The van der Waals surface area contributed by atoms with Crippen molar-refractivity contribution in [2.45, 2.75) is 26.0 Å². The first-order chi connectivity index (χ1) is 5.24. The van der Waals surface area contributed by atoms with Gasteiger partial charge >= 0.3 is 0 Å². The minimum absolute atomic E-state index is 0.243. The minimum atomic E-state index is 0.243. The summed E-state index contributed by atoms with van der Waals surface area (Å²) in [6.45, 7) is 7.27. The number of alkyl halides is 1. The predicted octanol–water partition coefficient (Wildman–Crippen LogP) is 1.33. The van der Waals surface area contributed by atoms with E-state index in [1.165, 1.54) is 0 Å². The monoisotopic (exact) mass is 177 g/mol. The SMILES string of the molecule is CC(C)N1CCO[C@H](CCl)C1. The Balaban J connectivity index is 2.33. The molecular weight excluding hydrogens is 162 g/mol. The number of hydrogen-bond acceptors (Lipinski definition) is 2. The van der Waals surface area contributed by atoms with Crippen LogP contribution in [0, 0.1) is 0 Å². The molecular formula is C8H16ClNO. The molecule has 0 saturated carbocycles. The van der Waals surface area contributed by atoms with Crippen LogP contribution in [0.25, 0.3) is 0 Å². The van der Waals surface area contributed by atoms with Gasteiger partial charge in [-0.05, 0) is 13.8 Å². The zero-order valence-corrected chi connectivity index (χ0v) is 7.97. The summed E-state index contributed by atoms with van der Waals surface area (Å²) in [5.41, 5.74) is 0. The van der Waals surface area contributed by atoms with Gasteiger partial charge in [0.2, 0.25) is 0 Å². The van der Waals surface area contributed by atoms with Crippen molar-refractivity contribution in [3.05, 3.63) is 0 Å². The maximum Gasteiger partial charge on any atom is 0.0837 e. The smallest absolute Gasteiger partial charge is 0.0837 e. The van der Waals surface area contributed by atoms with E-state index >= 15 is 0 Å². The quantitative estimate of drug-likeness (QED) is 0.591. The summed E-state index contributed by atoms with van der Waals surface area (Å²) >= 11 is 5.70. The van der Waals surface area contributed by atoms with E-state index in [0.29, 0.717) is 11.9 Å². The lowest BCUT2D eigenvalue weighted by molar-refractivity contribution is -0.0271. The molecule has 0 radical (unpaired) electrons. The zero-order valence-electron chi connectivity index (χ0n) is 7.22. The van der Waals surface area contributed by atoms with Crippen LogP contribution in [0.15, 0.2) is 0 Å². The Morgan fingerprint density at radius 2 is 2.36 bits per heavy atom. The van der Waals surface area contributed by atoms with Crippen LogP contribution in [-0.4, -0.2) is 42.6 Å².